The van der Waals surface area contributed by atoms with E-state index >= 15 is 0 Å². The minimum absolute atomic E-state index is 0.115. The summed E-state index contributed by atoms with van der Waals surface area (Å²) < 4.78 is 18.3. The molecule has 1 heterocycles. The summed E-state index contributed by atoms with van der Waals surface area (Å²) in [6.07, 6.45) is 0. The highest BCUT2D eigenvalue weighted by atomic mass is 19.1. The monoisotopic (exact) mass is 260 g/mol. The first-order chi connectivity index (χ1) is 9.20. The lowest BCUT2D eigenvalue weighted by atomic mass is 10.2. The summed E-state index contributed by atoms with van der Waals surface area (Å²) in [5, 5.41) is 2.61. The van der Waals surface area contributed by atoms with Crippen molar-refractivity contribution in [2.45, 2.75) is 6.54 Å². The van der Waals surface area contributed by atoms with Crippen molar-refractivity contribution >= 4 is 5.91 Å². The van der Waals surface area contributed by atoms with Crippen LogP contribution in [0, 0.1) is 5.82 Å². The van der Waals surface area contributed by atoms with Gasteiger partial charge >= 0.3 is 0 Å². The second kappa shape index (κ2) is 5.95. The molecular weight excluding hydrogens is 247 g/mol. The highest BCUT2D eigenvalue weighted by Gasteiger charge is 2.09. The largest absolute Gasteiger partial charge is 0.481 e. The van der Waals surface area contributed by atoms with E-state index in [-0.39, 0.29) is 24.0 Å². The van der Waals surface area contributed by atoms with Crippen LogP contribution in [0.4, 0.5) is 4.39 Å². The lowest BCUT2D eigenvalue weighted by Gasteiger charge is -2.06. The van der Waals surface area contributed by atoms with E-state index in [0.717, 1.165) is 0 Å². The molecule has 2 rings (SSSR count). The Morgan fingerprint density at radius 2 is 2.05 bits per heavy atom. The number of nitrogens with one attached hydrogen (secondary N) is 1. The Labute approximate surface area is 110 Å². The van der Waals surface area contributed by atoms with Crippen LogP contribution in [0.5, 0.6) is 5.88 Å². The number of benzene rings is 1. The molecule has 0 spiro atoms. The second-order valence-electron chi connectivity index (χ2n) is 3.84. The van der Waals surface area contributed by atoms with Gasteiger partial charge in [-0.05, 0) is 12.1 Å². The molecule has 0 bridgehead atoms. The number of halogens is 1. The third-order valence-corrected chi connectivity index (χ3v) is 2.56. The Hall–Kier alpha value is -2.43. The first kappa shape index (κ1) is 13.0. The first-order valence-electron chi connectivity index (χ1n) is 5.73. The number of aromatic nitrogens is 1. The summed E-state index contributed by atoms with van der Waals surface area (Å²) in [6.45, 7) is 0.115. The molecule has 0 unspecified atom stereocenters. The maximum atomic E-state index is 13.4. The van der Waals surface area contributed by atoms with Crippen LogP contribution in [-0.2, 0) is 6.54 Å². The SMILES string of the molecule is COc1cccc(C(=O)NCc2ccccc2F)n1. The summed E-state index contributed by atoms with van der Waals surface area (Å²) in [5.41, 5.74) is 0.662. The van der Waals surface area contributed by atoms with E-state index in [1.54, 1.807) is 36.4 Å². The number of carbonyl (C=O) groups is 1. The third kappa shape index (κ3) is 3.28. The number of nitrogens with zero attached hydrogens (tertiary/aromatic N) is 1. The fraction of sp³-hybridized carbons (Fsp3) is 0.143. The molecule has 0 fully saturated rings. The van der Waals surface area contributed by atoms with Gasteiger partial charge in [-0.15, -0.1) is 0 Å². The van der Waals surface area contributed by atoms with E-state index < -0.39 is 0 Å². The summed E-state index contributed by atoms with van der Waals surface area (Å²) in [5.74, 6) is -0.359. The zero-order valence-corrected chi connectivity index (χ0v) is 10.4. The molecule has 4 nitrogen and oxygen atoms in total. The van der Waals surface area contributed by atoms with Gasteiger partial charge in [0, 0.05) is 18.2 Å². The summed E-state index contributed by atoms with van der Waals surface area (Å²) in [6, 6.07) is 11.2. The molecule has 1 aromatic carbocycles. The van der Waals surface area contributed by atoms with Gasteiger partial charge in [0.1, 0.15) is 11.5 Å². The van der Waals surface area contributed by atoms with Crippen molar-refractivity contribution in [3.63, 3.8) is 0 Å². The highest BCUT2D eigenvalue weighted by molar-refractivity contribution is 5.92. The van der Waals surface area contributed by atoms with Gasteiger partial charge in [0.25, 0.3) is 5.91 Å². The maximum Gasteiger partial charge on any atom is 0.270 e. The average molecular weight is 260 g/mol. The van der Waals surface area contributed by atoms with Crippen molar-refractivity contribution in [2.75, 3.05) is 7.11 Å². The van der Waals surface area contributed by atoms with Crippen LogP contribution in [0.1, 0.15) is 16.1 Å². The van der Waals surface area contributed by atoms with Crippen LogP contribution < -0.4 is 10.1 Å². The first-order valence-corrected chi connectivity index (χ1v) is 5.73. The lowest BCUT2D eigenvalue weighted by molar-refractivity contribution is 0.0944. The van der Waals surface area contributed by atoms with Gasteiger partial charge in [-0.3, -0.25) is 4.79 Å². The third-order valence-electron chi connectivity index (χ3n) is 2.56. The standard InChI is InChI=1S/C14H13FN2O2/c1-19-13-8-4-7-12(17-13)14(18)16-9-10-5-2-3-6-11(10)15/h2-8H,9H2,1H3,(H,16,18). The second-order valence-corrected chi connectivity index (χ2v) is 3.84. The van der Waals surface area contributed by atoms with Crippen LogP contribution in [0.2, 0.25) is 0 Å². The summed E-state index contributed by atoms with van der Waals surface area (Å²) in [4.78, 5) is 15.8. The molecular formula is C14H13FN2O2. The van der Waals surface area contributed by atoms with Crippen LogP contribution in [-0.4, -0.2) is 18.0 Å². The minimum atomic E-state index is -0.373. The quantitative estimate of drug-likeness (QED) is 0.916. The Morgan fingerprint density at radius 1 is 1.26 bits per heavy atom. The van der Waals surface area contributed by atoms with Crippen molar-refractivity contribution in [2.24, 2.45) is 0 Å². The fourth-order valence-corrected chi connectivity index (χ4v) is 1.56. The number of hydrogen-bond acceptors (Lipinski definition) is 3. The molecule has 0 aliphatic rings. The van der Waals surface area contributed by atoms with E-state index in [0.29, 0.717) is 11.4 Å². The van der Waals surface area contributed by atoms with E-state index in [2.05, 4.69) is 10.3 Å². The molecule has 5 heteroatoms. The van der Waals surface area contributed by atoms with Crippen LogP contribution in [0.25, 0.3) is 0 Å². The van der Waals surface area contributed by atoms with Crippen LogP contribution in [0.15, 0.2) is 42.5 Å². The zero-order valence-electron chi connectivity index (χ0n) is 10.4. The van der Waals surface area contributed by atoms with Gasteiger partial charge < -0.3 is 10.1 Å². The Morgan fingerprint density at radius 3 is 2.79 bits per heavy atom. The maximum absolute atomic E-state index is 13.4. The minimum Gasteiger partial charge on any atom is -0.481 e. The smallest absolute Gasteiger partial charge is 0.270 e. The number of hydrogen-bond donors (Lipinski definition) is 1. The van der Waals surface area contributed by atoms with Crippen LogP contribution >= 0.6 is 0 Å². The molecule has 0 saturated carbocycles. The van der Waals surface area contributed by atoms with Gasteiger partial charge in [-0.25, -0.2) is 9.37 Å². The Balaban J connectivity index is 2.03. The molecule has 1 aromatic heterocycles. The Kier molecular flexibility index (Phi) is 4.07. The predicted molar refractivity (Wildman–Crippen MR) is 68.4 cm³/mol. The Bertz CT molecular complexity index is 587. The number of rotatable bonds is 4. The van der Waals surface area contributed by atoms with Crippen molar-refractivity contribution in [3.8, 4) is 5.88 Å². The normalized spacial score (nSPS) is 10.0. The van der Waals surface area contributed by atoms with Crippen molar-refractivity contribution in [1.82, 2.24) is 10.3 Å². The molecule has 0 aliphatic carbocycles. The molecule has 2 aromatic rings. The number of methoxy groups -OCH3 is 1. The van der Waals surface area contributed by atoms with Crippen LogP contribution in [0.3, 0.4) is 0 Å². The molecule has 0 saturated heterocycles. The number of pyridine rings is 1. The summed E-state index contributed by atoms with van der Waals surface area (Å²) >= 11 is 0. The van der Waals surface area contributed by atoms with E-state index in [1.165, 1.54) is 13.2 Å². The van der Waals surface area contributed by atoms with E-state index in [4.69, 9.17) is 4.74 Å². The summed E-state index contributed by atoms with van der Waals surface area (Å²) in [7, 11) is 1.48. The fourth-order valence-electron chi connectivity index (χ4n) is 1.56. The number of ether oxygens (including phenoxy) is 1. The van der Waals surface area contributed by atoms with E-state index in [9.17, 15) is 9.18 Å². The van der Waals surface area contributed by atoms with Gasteiger partial charge in [-0.1, -0.05) is 24.3 Å². The van der Waals surface area contributed by atoms with Gasteiger partial charge in [-0.2, -0.15) is 0 Å². The molecule has 98 valence electrons. The lowest BCUT2D eigenvalue weighted by Crippen LogP contribution is -2.24. The number of carbonyl (C=O) groups excluding carboxylic acids is 1. The van der Waals surface area contributed by atoms with Crippen molar-refractivity contribution < 1.29 is 13.9 Å². The van der Waals surface area contributed by atoms with Crippen molar-refractivity contribution in [1.29, 1.82) is 0 Å². The molecule has 1 amide bonds. The predicted octanol–water partition coefficient (Wildman–Crippen LogP) is 2.16. The van der Waals surface area contributed by atoms with Gasteiger partial charge in [0.15, 0.2) is 0 Å². The molecule has 19 heavy (non-hydrogen) atoms. The average Bonchev–Trinajstić information content (AvgIpc) is 2.46. The van der Waals surface area contributed by atoms with E-state index in [1.807, 2.05) is 0 Å². The molecule has 0 atom stereocenters. The molecule has 1 N–H and O–H groups in total. The van der Waals surface area contributed by atoms with Gasteiger partial charge in [0.2, 0.25) is 5.88 Å². The highest BCUT2D eigenvalue weighted by Crippen LogP contribution is 2.08. The molecule has 0 aliphatic heterocycles. The van der Waals surface area contributed by atoms with Crippen molar-refractivity contribution in [3.05, 3.63) is 59.5 Å². The zero-order chi connectivity index (χ0) is 13.7. The van der Waals surface area contributed by atoms with Gasteiger partial charge in [0.05, 0.1) is 7.11 Å². The molecule has 0 radical (unpaired) electrons. The topological polar surface area (TPSA) is 51.2 Å². The number of amides is 1.